The summed E-state index contributed by atoms with van der Waals surface area (Å²) in [5.41, 5.74) is 2.55. The Kier molecular flexibility index (Phi) is 6.10. The second kappa shape index (κ2) is 8.37. The third kappa shape index (κ3) is 4.39. The van der Waals surface area contributed by atoms with Crippen molar-refractivity contribution in [2.45, 2.75) is 33.0 Å². The lowest BCUT2D eigenvalue weighted by Crippen LogP contribution is -2.49. The number of halogens is 2. The van der Waals surface area contributed by atoms with Gasteiger partial charge in [0.05, 0.1) is 31.8 Å². The molecule has 28 heavy (non-hydrogen) atoms. The van der Waals surface area contributed by atoms with Gasteiger partial charge in [0.15, 0.2) is 0 Å². The molecule has 0 bridgehead atoms. The molecule has 0 saturated carbocycles. The highest BCUT2D eigenvalue weighted by atomic mass is 19.1. The summed E-state index contributed by atoms with van der Waals surface area (Å²) in [5.74, 6) is -0.686. The zero-order chi connectivity index (χ0) is 20.3. The molecule has 0 aliphatic carbocycles. The molecule has 3 rings (SSSR count). The number of nitrogens with zero attached hydrogens (tertiary/aromatic N) is 2. The molecule has 1 fully saturated rings. The van der Waals surface area contributed by atoms with Crippen LogP contribution in [0.15, 0.2) is 35.3 Å². The summed E-state index contributed by atoms with van der Waals surface area (Å²) in [6.07, 6.45) is 1.69. The number of aryl methyl sites for hydroxylation is 2. The van der Waals surface area contributed by atoms with Crippen LogP contribution in [-0.4, -0.2) is 38.0 Å². The topological polar surface area (TPSA) is 34.1 Å². The predicted molar refractivity (Wildman–Crippen MR) is 106 cm³/mol. The van der Waals surface area contributed by atoms with E-state index in [0.717, 1.165) is 17.7 Å². The van der Waals surface area contributed by atoms with Crippen LogP contribution >= 0.6 is 0 Å². The molecule has 0 spiro atoms. The Morgan fingerprint density at radius 3 is 2.54 bits per heavy atom. The van der Waals surface area contributed by atoms with Crippen molar-refractivity contribution in [2.75, 3.05) is 26.8 Å². The molecule has 2 aromatic carbocycles. The number of benzene rings is 2. The van der Waals surface area contributed by atoms with Gasteiger partial charge in [-0.25, -0.2) is 13.8 Å². The van der Waals surface area contributed by atoms with Gasteiger partial charge in [-0.1, -0.05) is 6.07 Å². The van der Waals surface area contributed by atoms with Crippen LogP contribution in [0.2, 0.25) is 0 Å². The van der Waals surface area contributed by atoms with Crippen molar-refractivity contribution in [3.05, 3.63) is 64.2 Å². The highest BCUT2D eigenvalue weighted by Crippen LogP contribution is 2.38. The minimum absolute atomic E-state index is 0.182. The van der Waals surface area contributed by atoms with E-state index in [0.29, 0.717) is 16.8 Å². The van der Waals surface area contributed by atoms with Gasteiger partial charge in [-0.3, -0.25) is 0 Å². The Morgan fingerprint density at radius 2 is 1.93 bits per heavy atom. The fourth-order valence-electron chi connectivity index (χ4n) is 3.12. The molecule has 1 saturated heterocycles. The minimum Gasteiger partial charge on any atom is -0.375 e. The maximum atomic E-state index is 14.9. The molecule has 4 nitrogen and oxygen atoms in total. The Bertz CT molecular complexity index is 859. The smallest absolute Gasteiger partial charge is 0.143 e. The summed E-state index contributed by atoms with van der Waals surface area (Å²) in [7, 11) is 1.91. The Balaban J connectivity index is 1.83. The van der Waals surface area contributed by atoms with Gasteiger partial charge in [0.1, 0.15) is 17.2 Å². The van der Waals surface area contributed by atoms with Crippen LogP contribution in [0.25, 0.3) is 0 Å². The van der Waals surface area contributed by atoms with E-state index in [1.165, 1.54) is 18.2 Å². The Hall–Kier alpha value is -2.31. The molecule has 0 atom stereocenters. The summed E-state index contributed by atoms with van der Waals surface area (Å²) in [6, 6.07) is 7.96. The normalized spacial score (nSPS) is 15.6. The molecule has 2 aromatic rings. The van der Waals surface area contributed by atoms with Crippen molar-refractivity contribution in [1.82, 2.24) is 4.90 Å². The second-order valence-electron chi connectivity index (χ2n) is 7.35. The second-order valence-corrected chi connectivity index (χ2v) is 7.35. The number of hydrogen-bond acceptors (Lipinski definition) is 3. The van der Waals surface area contributed by atoms with Crippen LogP contribution in [0, 0.1) is 25.5 Å². The molecule has 0 radical (unpaired) electrons. The van der Waals surface area contributed by atoms with Crippen molar-refractivity contribution in [1.29, 1.82) is 0 Å². The zero-order valence-corrected chi connectivity index (χ0v) is 16.8. The number of ether oxygens (including phenoxy) is 2. The van der Waals surface area contributed by atoms with Gasteiger partial charge in [0.25, 0.3) is 0 Å². The molecule has 0 unspecified atom stereocenters. The van der Waals surface area contributed by atoms with E-state index >= 15 is 0 Å². The standard InChI is InChI=1S/C22H26F2N2O2/c1-5-26(4)14-25-21-10-20(24)19(8-16(21)3)22(12-27-13-22)28-11-17-6-15(2)7-18(23)9-17/h6-10,14H,5,11-13H2,1-4H3. The van der Waals surface area contributed by atoms with E-state index in [1.807, 2.05) is 38.8 Å². The summed E-state index contributed by atoms with van der Waals surface area (Å²) in [5, 5.41) is 0. The van der Waals surface area contributed by atoms with Crippen LogP contribution in [0.5, 0.6) is 0 Å². The molecule has 150 valence electrons. The molecule has 0 aromatic heterocycles. The minimum atomic E-state index is -0.864. The predicted octanol–water partition coefficient (Wildman–Crippen LogP) is 4.64. The first-order valence-corrected chi connectivity index (χ1v) is 9.36. The van der Waals surface area contributed by atoms with Gasteiger partial charge in [0, 0.05) is 25.2 Å². The van der Waals surface area contributed by atoms with E-state index in [9.17, 15) is 8.78 Å². The van der Waals surface area contributed by atoms with Crippen LogP contribution in [0.1, 0.15) is 29.2 Å². The summed E-state index contributed by atoms with van der Waals surface area (Å²) in [6.45, 7) is 7.26. The van der Waals surface area contributed by atoms with Gasteiger partial charge in [-0.2, -0.15) is 0 Å². The molecule has 0 N–H and O–H groups in total. The summed E-state index contributed by atoms with van der Waals surface area (Å²) in [4.78, 5) is 6.28. The zero-order valence-electron chi connectivity index (χ0n) is 16.8. The fourth-order valence-corrected chi connectivity index (χ4v) is 3.12. The van der Waals surface area contributed by atoms with Gasteiger partial charge < -0.3 is 14.4 Å². The highest BCUT2D eigenvalue weighted by molar-refractivity contribution is 5.63. The van der Waals surface area contributed by atoms with Crippen molar-refractivity contribution < 1.29 is 18.3 Å². The number of rotatable bonds is 7. The Labute approximate surface area is 164 Å². The number of hydrogen-bond donors (Lipinski definition) is 0. The maximum Gasteiger partial charge on any atom is 0.143 e. The average molecular weight is 388 g/mol. The highest BCUT2D eigenvalue weighted by Gasteiger charge is 2.44. The molecular formula is C22H26F2N2O2. The van der Waals surface area contributed by atoms with E-state index in [2.05, 4.69) is 4.99 Å². The van der Waals surface area contributed by atoms with Crippen molar-refractivity contribution in [3.8, 4) is 0 Å². The Morgan fingerprint density at radius 1 is 1.18 bits per heavy atom. The number of aliphatic imine (C=N–C) groups is 1. The molecule has 0 amide bonds. The lowest BCUT2D eigenvalue weighted by Gasteiger charge is -2.42. The molecule has 1 heterocycles. The first kappa shape index (κ1) is 20.4. The largest absolute Gasteiger partial charge is 0.375 e. The van der Waals surface area contributed by atoms with Crippen molar-refractivity contribution in [2.24, 2.45) is 4.99 Å². The average Bonchev–Trinajstić information content (AvgIpc) is 2.60. The van der Waals surface area contributed by atoms with Crippen molar-refractivity contribution in [3.63, 3.8) is 0 Å². The summed E-state index contributed by atoms with van der Waals surface area (Å²) >= 11 is 0. The third-order valence-electron chi connectivity index (χ3n) is 4.96. The summed E-state index contributed by atoms with van der Waals surface area (Å²) < 4.78 is 40.0. The van der Waals surface area contributed by atoms with Crippen molar-refractivity contribution >= 4 is 12.0 Å². The first-order valence-electron chi connectivity index (χ1n) is 9.36. The molecule has 1 aliphatic rings. The maximum absolute atomic E-state index is 14.9. The quantitative estimate of drug-likeness (QED) is 0.512. The van der Waals surface area contributed by atoms with Crippen LogP contribution in [0.4, 0.5) is 14.5 Å². The van der Waals surface area contributed by atoms with Gasteiger partial charge in [-0.05, 0) is 55.7 Å². The van der Waals surface area contributed by atoms with E-state index < -0.39 is 5.60 Å². The molecule has 6 heteroatoms. The van der Waals surface area contributed by atoms with E-state index in [4.69, 9.17) is 9.47 Å². The monoisotopic (exact) mass is 388 g/mol. The van der Waals surface area contributed by atoms with Crippen LogP contribution in [-0.2, 0) is 21.7 Å². The molecular weight excluding hydrogens is 362 g/mol. The first-order chi connectivity index (χ1) is 13.3. The van der Waals surface area contributed by atoms with Gasteiger partial charge >= 0.3 is 0 Å². The molecule has 1 aliphatic heterocycles. The van der Waals surface area contributed by atoms with E-state index in [-0.39, 0.29) is 31.5 Å². The van der Waals surface area contributed by atoms with Gasteiger partial charge in [-0.15, -0.1) is 0 Å². The van der Waals surface area contributed by atoms with Crippen LogP contribution < -0.4 is 0 Å². The SMILES string of the molecule is CCN(C)C=Nc1cc(F)c(C2(OCc3cc(C)cc(F)c3)COC2)cc1C. The lowest BCUT2D eigenvalue weighted by atomic mass is 9.89. The van der Waals surface area contributed by atoms with Crippen LogP contribution in [0.3, 0.4) is 0 Å². The van der Waals surface area contributed by atoms with E-state index in [1.54, 1.807) is 12.4 Å². The third-order valence-corrected chi connectivity index (χ3v) is 4.96. The lowest BCUT2D eigenvalue weighted by molar-refractivity contribution is -0.224. The fraction of sp³-hybridized carbons (Fsp3) is 0.409. The van der Waals surface area contributed by atoms with Gasteiger partial charge in [0.2, 0.25) is 0 Å².